The first-order chi connectivity index (χ1) is 11.6. The van der Waals surface area contributed by atoms with Crippen LogP contribution in [0.3, 0.4) is 0 Å². The number of benzene rings is 1. The second kappa shape index (κ2) is 6.45. The molecule has 0 aliphatic heterocycles. The summed E-state index contributed by atoms with van der Waals surface area (Å²) in [6, 6.07) is 8.61. The van der Waals surface area contributed by atoms with Crippen LogP contribution in [0.5, 0.6) is 0 Å². The number of pyridine rings is 1. The van der Waals surface area contributed by atoms with Crippen molar-refractivity contribution < 1.29 is 9.31 Å². The van der Waals surface area contributed by atoms with Crippen LogP contribution in [-0.2, 0) is 7.05 Å². The third kappa shape index (κ3) is 3.07. The lowest BCUT2D eigenvalue weighted by Crippen LogP contribution is -2.18. The van der Waals surface area contributed by atoms with Crippen LogP contribution >= 0.6 is 0 Å². The highest BCUT2D eigenvalue weighted by Crippen LogP contribution is 2.27. The summed E-state index contributed by atoms with van der Waals surface area (Å²) < 4.78 is 16.0. The standard InChI is InChI=1S/C16H14FN5O2/c1-21-9-8-18-16(21)15(12-4-2-3-5-13(12)17)20-14-7-6-11(10-19-14)22(23)24/h2-10,15H,1H3,(H,19,20)/t15-/m0/s1. The molecular formula is C16H14FN5O2. The summed E-state index contributed by atoms with van der Waals surface area (Å²) in [4.78, 5) is 18.5. The summed E-state index contributed by atoms with van der Waals surface area (Å²) in [5.41, 5.74) is 0.298. The van der Waals surface area contributed by atoms with Crippen molar-refractivity contribution in [3.8, 4) is 0 Å². The van der Waals surface area contributed by atoms with Crippen LogP contribution in [0.1, 0.15) is 17.4 Å². The molecule has 1 aromatic carbocycles. The zero-order valence-corrected chi connectivity index (χ0v) is 12.8. The second-order valence-electron chi connectivity index (χ2n) is 5.15. The highest BCUT2D eigenvalue weighted by Gasteiger charge is 2.22. The van der Waals surface area contributed by atoms with Gasteiger partial charge in [0.05, 0.1) is 4.92 Å². The van der Waals surface area contributed by atoms with Crippen molar-refractivity contribution in [2.45, 2.75) is 6.04 Å². The van der Waals surface area contributed by atoms with Crippen molar-refractivity contribution in [3.05, 3.63) is 82.3 Å². The summed E-state index contributed by atoms with van der Waals surface area (Å²) >= 11 is 0. The molecule has 0 unspecified atom stereocenters. The van der Waals surface area contributed by atoms with Gasteiger partial charge in [0.1, 0.15) is 29.7 Å². The smallest absolute Gasteiger partial charge is 0.287 e. The van der Waals surface area contributed by atoms with Crippen molar-refractivity contribution >= 4 is 11.5 Å². The number of halogens is 1. The van der Waals surface area contributed by atoms with Crippen LogP contribution in [0.4, 0.5) is 15.9 Å². The first-order valence-corrected chi connectivity index (χ1v) is 7.15. The maximum Gasteiger partial charge on any atom is 0.287 e. The van der Waals surface area contributed by atoms with Gasteiger partial charge < -0.3 is 9.88 Å². The first-order valence-electron chi connectivity index (χ1n) is 7.15. The molecule has 7 nitrogen and oxygen atoms in total. The van der Waals surface area contributed by atoms with Gasteiger partial charge in [0.2, 0.25) is 0 Å². The molecule has 0 radical (unpaired) electrons. The lowest BCUT2D eigenvalue weighted by atomic mass is 10.1. The van der Waals surface area contributed by atoms with E-state index in [2.05, 4.69) is 15.3 Å². The van der Waals surface area contributed by atoms with Crippen molar-refractivity contribution in [2.75, 3.05) is 5.32 Å². The van der Waals surface area contributed by atoms with Gasteiger partial charge in [-0.15, -0.1) is 0 Å². The highest BCUT2D eigenvalue weighted by atomic mass is 19.1. The number of anilines is 1. The zero-order valence-electron chi connectivity index (χ0n) is 12.8. The Bertz CT molecular complexity index is 863. The fraction of sp³-hybridized carbons (Fsp3) is 0.125. The molecule has 1 N–H and O–H groups in total. The Balaban J connectivity index is 1.98. The van der Waals surface area contributed by atoms with Gasteiger partial charge in [0.15, 0.2) is 0 Å². The van der Waals surface area contributed by atoms with E-state index in [0.29, 0.717) is 17.2 Å². The summed E-state index contributed by atoms with van der Waals surface area (Å²) in [6.45, 7) is 0. The molecule has 0 aliphatic carbocycles. The number of nitrogens with zero attached hydrogens (tertiary/aromatic N) is 4. The molecule has 3 rings (SSSR count). The topological polar surface area (TPSA) is 85.9 Å². The number of nitro groups is 1. The minimum atomic E-state index is -0.583. The maximum atomic E-state index is 14.2. The van der Waals surface area contributed by atoms with Crippen LogP contribution in [0.25, 0.3) is 0 Å². The Kier molecular flexibility index (Phi) is 4.19. The van der Waals surface area contributed by atoms with Crippen molar-refractivity contribution in [1.82, 2.24) is 14.5 Å². The van der Waals surface area contributed by atoms with E-state index in [1.165, 1.54) is 18.2 Å². The molecule has 0 saturated heterocycles. The fourth-order valence-corrected chi connectivity index (χ4v) is 2.37. The van der Waals surface area contributed by atoms with Crippen molar-refractivity contribution in [2.24, 2.45) is 7.05 Å². The third-order valence-corrected chi connectivity index (χ3v) is 3.58. The molecule has 24 heavy (non-hydrogen) atoms. The van der Waals surface area contributed by atoms with Crippen LogP contribution in [0.15, 0.2) is 55.0 Å². The SMILES string of the molecule is Cn1ccnc1[C@@H](Nc1ccc([N+](=O)[O-])cn1)c1ccccc1F. The van der Waals surface area contributed by atoms with Crippen LogP contribution in [0.2, 0.25) is 0 Å². The summed E-state index contributed by atoms with van der Waals surface area (Å²) in [6.07, 6.45) is 4.53. The summed E-state index contributed by atoms with van der Waals surface area (Å²) in [5, 5.41) is 13.8. The van der Waals surface area contributed by atoms with Gasteiger partial charge in [-0.25, -0.2) is 14.4 Å². The van der Waals surface area contributed by atoms with Gasteiger partial charge in [-0.2, -0.15) is 0 Å². The summed E-state index contributed by atoms with van der Waals surface area (Å²) in [5.74, 6) is 0.608. The van der Waals surface area contributed by atoms with E-state index in [9.17, 15) is 14.5 Å². The van der Waals surface area contributed by atoms with Gasteiger partial charge >= 0.3 is 0 Å². The largest absolute Gasteiger partial charge is 0.356 e. The molecule has 3 aromatic rings. The molecule has 0 spiro atoms. The van der Waals surface area contributed by atoms with E-state index in [4.69, 9.17) is 0 Å². The highest BCUT2D eigenvalue weighted by molar-refractivity contribution is 5.45. The number of aromatic nitrogens is 3. The quantitative estimate of drug-likeness (QED) is 0.575. The Hall–Kier alpha value is -3.29. The van der Waals surface area contributed by atoms with E-state index in [1.54, 1.807) is 42.2 Å². The number of hydrogen-bond donors (Lipinski definition) is 1. The predicted octanol–water partition coefficient (Wildman–Crippen LogP) is 3.06. The van der Waals surface area contributed by atoms with Crippen LogP contribution in [0, 0.1) is 15.9 Å². The number of rotatable bonds is 5. The predicted molar refractivity (Wildman–Crippen MR) is 86.0 cm³/mol. The van der Waals surface area contributed by atoms with E-state index < -0.39 is 11.0 Å². The number of hydrogen-bond acceptors (Lipinski definition) is 5. The van der Waals surface area contributed by atoms with E-state index in [0.717, 1.165) is 6.20 Å². The molecule has 0 bridgehead atoms. The summed E-state index contributed by atoms with van der Waals surface area (Å²) in [7, 11) is 1.81. The number of imidazole rings is 1. The second-order valence-corrected chi connectivity index (χ2v) is 5.15. The Morgan fingerprint density at radius 1 is 1.25 bits per heavy atom. The van der Waals surface area contributed by atoms with Gasteiger partial charge in [0.25, 0.3) is 5.69 Å². The van der Waals surface area contributed by atoms with Crippen molar-refractivity contribution in [3.63, 3.8) is 0 Å². The minimum Gasteiger partial charge on any atom is -0.356 e. The number of aryl methyl sites for hydroxylation is 1. The van der Waals surface area contributed by atoms with Gasteiger partial charge in [-0.05, 0) is 12.1 Å². The molecule has 8 heteroatoms. The normalized spacial score (nSPS) is 11.9. The van der Waals surface area contributed by atoms with Crippen LogP contribution in [-0.4, -0.2) is 19.5 Å². The Morgan fingerprint density at radius 2 is 2.04 bits per heavy atom. The van der Waals surface area contributed by atoms with Crippen LogP contribution < -0.4 is 5.32 Å². The fourth-order valence-electron chi connectivity index (χ4n) is 2.37. The van der Waals surface area contributed by atoms with E-state index in [-0.39, 0.29) is 11.5 Å². The Morgan fingerprint density at radius 3 is 2.62 bits per heavy atom. The third-order valence-electron chi connectivity index (χ3n) is 3.58. The van der Waals surface area contributed by atoms with Crippen molar-refractivity contribution in [1.29, 1.82) is 0 Å². The van der Waals surface area contributed by atoms with E-state index >= 15 is 0 Å². The molecule has 2 heterocycles. The zero-order chi connectivity index (χ0) is 17.1. The maximum absolute atomic E-state index is 14.2. The molecule has 0 saturated carbocycles. The van der Waals surface area contributed by atoms with Gasteiger partial charge in [-0.3, -0.25) is 10.1 Å². The molecule has 122 valence electrons. The molecule has 0 aliphatic rings. The van der Waals surface area contributed by atoms with Gasteiger partial charge in [-0.1, -0.05) is 18.2 Å². The number of nitrogens with one attached hydrogen (secondary N) is 1. The lowest BCUT2D eigenvalue weighted by Gasteiger charge is -2.20. The average Bonchev–Trinajstić information content (AvgIpc) is 3.00. The molecule has 0 fully saturated rings. The molecular weight excluding hydrogens is 313 g/mol. The van der Waals surface area contributed by atoms with Gasteiger partial charge in [0, 0.05) is 31.1 Å². The Labute approximate surface area is 137 Å². The molecule has 2 aromatic heterocycles. The first kappa shape index (κ1) is 15.6. The van der Waals surface area contributed by atoms with E-state index in [1.807, 2.05) is 0 Å². The molecule has 0 amide bonds. The lowest BCUT2D eigenvalue weighted by molar-refractivity contribution is -0.385. The molecule has 1 atom stereocenters. The minimum absolute atomic E-state index is 0.111. The monoisotopic (exact) mass is 327 g/mol. The average molecular weight is 327 g/mol.